The van der Waals surface area contributed by atoms with Crippen LogP contribution in [0.1, 0.15) is 66.7 Å². The van der Waals surface area contributed by atoms with E-state index in [1.807, 2.05) is 4.90 Å². The number of carbonyl (C=O) groups excluding carboxylic acids is 1. The van der Waals surface area contributed by atoms with Crippen molar-refractivity contribution in [2.24, 2.45) is 11.1 Å². The Morgan fingerprint density at radius 2 is 1.61 bits per heavy atom. The van der Waals surface area contributed by atoms with Gasteiger partial charge in [-0.05, 0) is 33.1 Å². The van der Waals surface area contributed by atoms with Crippen molar-refractivity contribution in [1.82, 2.24) is 4.90 Å². The SMILES string of the molecule is CCCN(C(=O)C(CN)(CCC)CCC)C(C)C. The predicted octanol–water partition coefficient (Wildman–Crippen LogP) is 3.18. The van der Waals surface area contributed by atoms with Gasteiger partial charge in [0.1, 0.15) is 0 Å². The van der Waals surface area contributed by atoms with Crippen LogP contribution in [0.5, 0.6) is 0 Å². The monoisotopic (exact) mass is 256 g/mol. The molecular formula is C15H32N2O. The number of nitrogens with two attached hydrogens (primary N) is 1. The smallest absolute Gasteiger partial charge is 0.230 e. The Bertz CT molecular complexity index is 233. The zero-order valence-electron chi connectivity index (χ0n) is 13.0. The summed E-state index contributed by atoms with van der Waals surface area (Å²) in [7, 11) is 0. The Balaban J connectivity index is 5.11. The summed E-state index contributed by atoms with van der Waals surface area (Å²) in [5.74, 6) is 0.269. The van der Waals surface area contributed by atoms with Gasteiger partial charge in [0.15, 0.2) is 0 Å². The molecule has 0 atom stereocenters. The molecule has 3 heteroatoms. The van der Waals surface area contributed by atoms with Gasteiger partial charge in [-0.15, -0.1) is 0 Å². The molecule has 0 aliphatic carbocycles. The second kappa shape index (κ2) is 8.52. The van der Waals surface area contributed by atoms with E-state index in [0.29, 0.717) is 6.54 Å². The van der Waals surface area contributed by atoms with Crippen molar-refractivity contribution < 1.29 is 4.79 Å². The minimum absolute atomic E-state index is 0.261. The van der Waals surface area contributed by atoms with Crippen molar-refractivity contribution in [3.05, 3.63) is 0 Å². The Hall–Kier alpha value is -0.570. The molecule has 0 aromatic heterocycles. The van der Waals surface area contributed by atoms with Gasteiger partial charge in [0.05, 0.1) is 5.41 Å². The highest BCUT2D eigenvalue weighted by molar-refractivity contribution is 5.83. The normalized spacial score (nSPS) is 11.9. The molecule has 0 aromatic carbocycles. The lowest BCUT2D eigenvalue weighted by Crippen LogP contribution is -2.50. The largest absolute Gasteiger partial charge is 0.340 e. The summed E-state index contributed by atoms with van der Waals surface area (Å²) < 4.78 is 0. The van der Waals surface area contributed by atoms with E-state index in [2.05, 4.69) is 34.6 Å². The zero-order chi connectivity index (χ0) is 14.2. The van der Waals surface area contributed by atoms with Crippen molar-refractivity contribution in [3.63, 3.8) is 0 Å². The molecule has 0 spiro atoms. The molecule has 0 radical (unpaired) electrons. The van der Waals surface area contributed by atoms with Crippen molar-refractivity contribution in [3.8, 4) is 0 Å². The standard InChI is InChI=1S/C15H32N2O/c1-6-9-15(12-16,10-7-2)14(18)17(11-8-3)13(4)5/h13H,6-12,16H2,1-5H3. The molecule has 0 saturated heterocycles. The Morgan fingerprint density at radius 1 is 1.11 bits per heavy atom. The Morgan fingerprint density at radius 3 is 1.89 bits per heavy atom. The third kappa shape index (κ3) is 4.27. The van der Waals surface area contributed by atoms with Crippen molar-refractivity contribution in [1.29, 1.82) is 0 Å². The fourth-order valence-corrected chi connectivity index (χ4v) is 2.73. The number of hydrogen-bond donors (Lipinski definition) is 1. The van der Waals surface area contributed by atoms with E-state index in [-0.39, 0.29) is 17.4 Å². The highest BCUT2D eigenvalue weighted by Gasteiger charge is 2.38. The van der Waals surface area contributed by atoms with E-state index in [0.717, 1.165) is 38.6 Å². The van der Waals surface area contributed by atoms with Crippen LogP contribution in [0.4, 0.5) is 0 Å². The van der Waals surface area contributed by atoms with Gasteiger partial charge in [0.25, 0.3) is 0 Å². The molecule has 1 amide bonds. The third-order valence-electron chi connectivity index (χ3n) is 3.65. The maximum Gasteiger partial charge on any atom is 0.230 e. The third-order valence-corrected chi connectivity index (χ3v) is 3.65. The second-order valence-electron chi connectivity index (χ2n) is 5.58. The molecule has 0 aromatic rings. The molecular weight excluding hydrogens is 224 g/mol. The fourth-order valence-electron chi connectivity index (χ4n) is 2.73. The summed E-state index contributed by atoms with van der Waals surface area (Å²) in [5.41, 5.74) is 5.64. The first kappa shape index (κ1) is 17.4. The average molecular weight is 256 g/mol. The van der Waals surface area contributed by atoms with Crippen molar-refractivity contribution >= 4 is 5.91 Å². The van der Waals surface area contributed by atoms with E-state index in [9.17, 15) is 4.79 Å². The minimum Gasteiger partial charge on any atom is -0.340 e. The topological polar surface area (TPSA) is 46.3 Å². The molecule has 0 rings (SSSR count). The van der Waals surface area contributed by atoms with Crippen LogP contribution in [-0.4, -0.2) is 29.9 Å². The quantitative estimate of drug-likeness (QED) is 0.688. The number of hydrogen-bond acceptors (Lipinski definition) is 2. The lowest BCUT2D eigenvalue weighted by molar-refractivity contribution is -0.144. The summed E-state index contributed by atoms with van der Waals surface area (Å²) in [6.07, 6.45) is 4.84. The number of amides is 1. The number of carbonyl (C=O) groups is 1. The highest BCUT2D eigenvalue weighted by atomic mass is 16.2. The van der Waals surface area contributed by atoms with Gasteiger partial charge in [0, 0.05) is 19.1 Å². The van der Waals surface area contributed by atoms with Crippen LogP contribution >= 0.6 is 0 Å². The minimum atomic E-state index is -0.330. The van der Waals surface area contributed by atoms with Gasteiger partial charge < -0.3 is 10.6 Å². The molecule has 2 N–H and O–H groups in total. The van der Waals surface area contributed by atoms with Gasteiger partial charge in [-0.1, -0.05) is 33.6 Å². The molecule has 108 valence electrons. The molecule has 0 fully saturated rings. The van der Waals surface area contributed by atoms with E-state index in [1.165, 1.54) is 0 Å². The summed E-state index contributed by atoms with van der Waals surface area (Å²) in [4.78, 5) is 14.9. The molecule has 0 aliphatic heterocycles. The lowest BCUT2D eigenvalue weighted by Gasteiger charge is -2.38. The van der Waals surface area contributed by atoms with Crippen molar-refractivity contribution in [2.75, 3.05) is 13.1 Å². The fraction of sp³-hybridized carbons (Fsp3) is 0.933. The first-order valence-corrected chi connectivity index (χ1v) is 7.50. The van der Waals surface area contributed by atoms with Gasteiger partial charge in [-0.2, -0.15) is 0 Å². The summed E-state index contributed by atoms with van der Waals surface area (Å²) in [5, 5.41) is 0. The summed E-state index contributed by atoms with van der Waals surface area (Å²) >= 11 is 0. The van der Waals surface area contributed by atoms with Gasteiger partial charge in [0.2, 0.25) is 5.91 Å². The molecule has 3 nitrogen and oxygen atoms in total. The lowest BCUT2D eigenvalue weighted by atomic mass is 9.77. The van der Waals surface area contributed by atoms with Crippen LogP contribution in [0.3, 0.4) is 0 Å². The van der Waals surface area contributed by atoms with Gasteiger partial charge in [-0.3, -0.25) is 4.79 Å². The Kier molecular flexibility index (Phi) is 8.25. The zero-order valence-corrected chi connectivity index (χ0v) is 13.0. The second-order valence-corrected chi connectivity index (χ2v) is 5.58. The number of nitrogens with zero attached hydrogens (tertiary/aromatic N) is 1. The molecule has 0 saturated carbocycles. The summed E-state index contributed by atoms with van der Waals surface area (Å²) in [6.45, 7) is 11.9. The first-order chi connectivity index (χ1) is 8.48. The van der Waals surface area contributed by atoms with Crippen LogP contribution in [0.25, 0.3) is 0 Å². The first-order valence-electron chi connectivity index (χ1n) is 7.50. The van der Waals surface area contributed by atoms with E-state index in [1.54, 1.807) is 0 Å². The highest BCUT2D eigenvalue weighted by Crippen LogP contribution is 2.32. The maximum absolute atomic E-state index is 12.9. The van der Waals surface area contributed by atoms with Crippen LogP contribution in [0, 0.1) is 5.41 Å². The molecule has 0 bridgehead atoms. The van der Waals surface area contributed by atoms with Crippen LogP contribution in [-0.2, 0) is 4.79 Å². The van der Waals surface area contributed by atoms with E-state index >= 15 is 0 Å². The molecule has 0 aliphatic rings. The van der Waals surface area contributed by atoms with Crippen molar-refractivity contribution in [2.45, 2.75) is 72.8 Å². The van der Waals surface area contributed by atoms with Gasteiger partial charge >= 0.3 is 0 Å². The maximum atomic E-state index is 12.9. The van der Waals surface area contributed by atoms with Crippen LogP contribution in [0.2, 0.25) is 0 Å². The summed E-state index contributed by atoms with van der Waals surface area (Å²) in [6, 6.07) is 0.261. The van der Waals surface area contributed by atoms with E-state index < -0.39 is 0 Å². The molecule has 0 unspecified atom stereocenters. The molecule has 0 heterocycles. The van der Waals surface area contributed by atoms with E-state index in [4.69, 9.17) is 5.73 Å². The molecule has 18 heavy (non-hydrogen) atoms. The Labute approximate surface area is 113 Å². The predicted molar refractivity (Wildman–Crippen MR) is 78.4 cm³/mol. The van der Waals surface area contributed by atoms with Crippen LogP contribution < -0.4 is 5.73 Å². The van der Waals surface area contributed by atoms with Gasteiger partial charge in [-0.25, -0.2) is 0 Å². The number of rotatable bonds is 9. The van der Waals surface area contributed by atoms with Crippen LogP contribution in [0.15, 0.2) is 0 Å². The average Bonchev–Trinajstić information content (AvgIpc) is 2.34.